The lowest BCUT2D eigenvalue weighted by molar-refractivity contribution is 1.01. The molecular formula is C52H32N4. The maximum Gasteiger partial charge on any atom is 0.235 e. The Morgan fingerprint density at radius 3 is 1.80 bits per heavy atom. The molecule has 3 heterocycles. The van der Waals surface area contributed by atoms with Gasteiger partial charge >= 0.3 is 0 Å². The highest BCUT2D eigenvalue weighted by atomic mass is 15.2. The minimum absolute atomic E-state index is 0.649. The van der Waals surface area contributed by atoms with E-state index < -0.39 is 0 Å². The van der Waals surface area contributed by atoms with E-state index in [1.165, 1.54) is 59.7 Å². The fraction of sp³-hybridized carbons (Fsp3) is 0. The van der Waals surface area contributed by atoms with Crippen molar-refractivity contribution in [2.45, 2.75) is 0 Å². The summed E-state index contributed by atoms with van der Waals surface area (Å²) in [6.45, 7) is 0. The predicted octanol–water partition coefficient (Wildman–Crippen LogP) is 13.5. The summed E-state index contributed by atoms with van der Waals surface area (Å²) in [5.74, 6) is 0.649. The molecule has 260 valence electrons. The van der Waals surface area contributed by atoms with Gasteiger partial charge in [0.05, 0.1) is 39.0 Å². The third kappa shape index (κ3) is 4.60. The van der Waals surface area contributed by atoms with Gasteiger partial charge in [0.25, 0.3) is 0 Å². The molecule has 56 heavy (non-hydrogen) atoms. The lowest BCUT2D eigenvalue weighted by Gasteiger charge is -2.14. The maximum atomic E-state index is 5.53. The summed E-state index contributed by atoms with van der Waals surface area (Å²) in [6.07, 6.45) is 0. The molecule has 0 aliphatic carbocycles. The molecule has 0 atom stereocenters. The highest BCUT2D eigenvalue weighted by Gasteiger charge is 2.20. The van der Waals surface area contributed by atoms with E-state index in [1.54, 1.807) is 0 Å². The fourth-order valence-corrected chi connectivity index (χ4v) is 8.90. The molecule has 0 fully saturated rings. The molecule has 4 heteroatoms. The van der Waals surface area contributed by atoms with Crippen LogP contribution < -0.4 is 0 Å². The van der Waals surface area contributed by atoms with E-state index in [0.717, 1.165) is 44.4 Å². The van der Waals surface area contributed by atoms with E-state index in [9.17, 15) is 0 Å². The van der Waals surface area contributed by atoms with Crippen molar-refractivity contribution >= 4 is 76.1 Å². The van der Waals surface area contributed by atoms with Crippen molar-refractivity contribution < 1.29 is 0 Å². The van der Waals surface area contributed by atoms with E-state index >= 15 is 0 Å². The number of benzene rings is 9. The van der Waals surface area contributed by atoms with Crippen molar-refractivity contribution in [2.24, 2.45) is 0 Å². The van der Waals surface area contributed by atoms with E-state index in [1.807, 2.05) is 0 Å². The van der Waals surface area contributed by atoms with Crippen molar-refractivity contribution in [2.75, 3.05) is 0 Å². The van der Waals surface area contributed by atoms with Gasteiger partial charge in [0, 0.05) is 37.9 Å². The molecule has 12 rings (SSSR count). The molecule has 0 aliphatic heterocycles. The number of para-hydroxylation sites is 2. The summed E-state index contributed by atoms with van der Waals surface area (Å²) < 4.78 is 4.68. The third-order valence-corrected chi connectivity index (χ3v) is 11.5. The van der Waals surface area contributed by atoms with Crippen LogP contribution in [-0.4, -0.2) is 19.1 Å². The van der Waals surface area contributed by atoms with Crippen LogP contribution in [0.2, 0.25) is 0 Å². The van der Waals surface area contributed by atoms with Gasteiger partial charge in [0.2, 0.25) is 5.95 Å². The van der Waals surface area contributed by atoms with Crippen LogP contribution in [-0.2, 0) is 0 Å². The molecule has 0 saturated heterocycles. The molecule has 0 aliphatic rings. The van der Waals surface area contributed by atoms with Crippen LogP contribution in [0, 0.1) is 0 Å². The quantitative estimate of drug-likeness (QED) is 0.182. The number of nitrogens with zero attached hydrogens (tertiary/aromatic N) is 4. The van der Waals surface area contributed by atoms with Crippen molar-refractivity contribution in [3.8, 4) is 34.0 Å². The van der Waals surface area contributed by atoms with Crippen molar-refractivity contribution in [3.05, 3.63) is 194 Å². The van der Waals surface area contributed by atoms with E-state index in [4.69, 9.17) is 9.97 Å². The number of fused-ring (bicyclic) bond motifs is 9. The second-order valence-electron chi connectivity index (χ2n) is 14.6. The Morgan fingerprint density at radius 1 is 0.304 bits per heavy atom. The first-order chi connectivity index (χ1) is 27.8. The van der Waals surface area contributed by atoms with Crippen LogP contribution in [0.1, 0.15) is 0 Å². The molecule has 0 N–H and O–H groups in total. The number of aromatic nitrogens is 4. The molecule has 0 radical (unpaired) electrons. The second-order valence-corrected chi connectivity index (χ2v) is 14.6. The molecule has 0 spiro atoms. The summed E-state index contributed by atoms with van der Waals surface area (Å²) in [6, 6.07) is 69.7. The number of hydrogen-bond donors (Lipinski definition) is 0. The van der Waals surface area contributed by atoms with Gasteiger partial charge in [0.1, 0.15) is 0 Å². The molecule has 12 aromatic rings. The highest BCUT2D eigenvalue weighted by molar-refractivity contribution is 6.15. The fourth-order valence-electron chi connectivity index (χ4n) is 8.90. The average Bonchev–Trinajstić information content (AvgIpc) is 3.76. The standard InChI is InChI=1S/C52H32N4/c1-2-13-33(14-3-1)37-26-28-48-43(30-37)44-29-35-16-4-5-17-36(35)31-50(44)56(48)52-53-45-22-10-8-21-42(45)51(54-52)38-25-27-41-40-20-9-11-23-47(40)55(49(41)32-38)46-24-12-18-34-15-6-7-19-39(34)46/h1-32H. The normalized spacial score (nSPS) is 11.9. The van der Waals surface area contributed by atoms with Crippen LogP contribution in [0.15, 0.2) is 194 Å². The first-order valence-corrected chi connectivity index (χ1v) is 19.1. The first kappa shape index (κ1) is 30.9. The molecule has 0 amide bonds. The molecule has 4 nitrogen and oxygen atoms in total. The van der Waals surface area contributed by atoms with E-state index in [0.29, 0.717) is 5.95 Å². The zero-order valence-corrected chi connectivity index (χ0v) is 30.3. The summed E-state index contributed by atoms with van der Waals surface area (Å²) in [7, 11) is 0. The summed E-state index contributed by atoms with van der Waals surface area (Å²) in [4.78, 5) is 10.8. The predicted molar refractivity (Wildman–Crippen MR) is 234 cm³/mol. The Labute approximate surface area is 322 Å². The van der Waals surface area contributed by atoms with Gasteiger partial charge in [-0.05, 0) is 75.8 Å². The number of hydrogen-bond acceptors (Lipinski definition) is 2. The SMILES string of the molecule is c1ccc(-c2ccc3c(c2)c2cc4ccccc4cc2n3-c2nc(-c3ccc4c5ccccc5n(-c5cccc6ccccc56)c4c3)c3ccccc3n2)cc1. The van der Waals surface area contributed by atoms with Crippen LogP contribution in [0.4, 0.5) is 0 Å². The lowest BCUT2D eigenvalue weighted by Crippen LogP contribution is -2.03. The van der Waals surface area contributed by atoms with Crippen LogP contribution in [0.5, 0.6) is 0 Å². The maximum absolute atomic E-state index is 5.53. The molecule has 9 aromatic carbocycles. The van der Waals surface area contributed by atoms with Gasteiger partial charge < -0.3 is 4.57 Å². The zero-order chi connectivity index (χ0) is 36.7. The van der Waals surface area contributed by atoms with Gasteiger partial charge in [0.15, 0.2) is 0 Å². The van der Waals surface area contributed by atoms with E-state index in [2.05, 4.69) is 203 Å². The molecule has 3 aromatic heterocycles. The van der Waals surface area contributed by atoms with Gasteiger partial charge in [-0.2, -0.15) is 0 Å². The average molecular weight is 713 g/mol. The van der Waals surface area contributed by atoms with Gasteiger partial charge in [-0.25, -0.2) is 9.97 Å². The third-order valence-electron chi connectivity index (χ3n) is 11.5. The van der Waals surface area contributed by atoms with Crippen LogP contribution in [0.25, 0.3) is 110 Å². The Morgan fingerprint density at radius 2 is 0.929 bits per heavy atom. The van der Waals surface area contributed by atoms with Crippen molar-refractivity contribution in [1.29, 1.82) is 0 Å². The Bertz CT molecular complexity index is 3530. The summed E-state index contributed by atoms with van der Waals surface area (Å²) >= 11 is 0. The van der Waals surface area contributed by atoms with Gasteiger partial charge in [-0.15, -0.1) is 0 Å². The Kier molecular flexibility index (Phi) is 6.60. The van der Waals surface area contributed by atoms with Crippen LogP contribution >= 0.6 is 0 Å². The Hall–Kier alpha value is -7.56. The summed E-state index contributed by atoms with van der Waals surface area (Å²) in [5.41, 5.74) is 10.8. The minimum atomic E-state index is 0.649. The van der Waals surface area contributed by atoms with E-state index in [-0.39, 0.29) is 0 Å². The van der Waals surface area contributed by atoms with Crippen LogP contribution in [0.3, 0.4) is 0 Å². The summed E-state index contributed by atoms with van der Waals surface area (Å²) in [5, 5.41) is 10.6. The molecule has 0 bridgehead atoms. The van der Waals surface area contributed by atoms with Gasteiger partial charge in [-0.1, -0.05) is 146 Å². The Balaban J connectivity index is 1.14. The van der Waals surface area contributed by atoms with Crippen molar-refractivity contribution in [3.63, 3.8) is 0 Å². The smallest absolute Gasteiger partial charge is 0.235 e. The minimum Gasteiger partial charge on any atom is -0.309 e. The largest absolute Gasteiger partial charge is 0.309 e. The zero-order valence-electron chi connectivity index (χ0n) is 30.3. The first-order valence-electron chi connectivity index (χ1n) is 19.1. The molecule has 0 unspecified atom stereocenters. The second kappa shape index (κ2) is 12.0. The lowest BCUT2D eigenvalue weighted by atomic mass is 10.0. The monoisotopic (exact) mass is 712 g/mol. The highest BCUT2D eigenvalue weighted by Crippen LogP contribution is 2.40. The topological polar surface area (TPSA) is 35.6 Å². The van der Waals surface area contributed by atoms with Crippen molar-refractivity contribution in [1.82, 2.24) is 19.1 Å². The molecule has 0 saturated carbocycles. The number of rotatable bonds is 4. The molecular weight excluding hydrogens is 681 g/mol. The van der Waals surface area contributed by atoms with Gasteiger partial charge in [-0.3, -0.25) is 4.57 Å².